The Labute approximate surface area is 58.8 Å². The second-order valence-electron chi connectivity index (χ2n) is 1.80. The van der Waals surface area contributed by atoms with Crippen molar-refractivity contribution in [1.82, 2.24) is 0 Å². The lowest BCUT2D eigenvalue weighted by Gasteiger charge is -2.18. The average molecular weight is 149 g/mol. The van der Waals surface area contributed by atoms with Gasteiger partial charge in [0, 0.05) is 29.1 Å². The Hall–Kier alpha value is 0.660. The highest BCUT2D eigenvalue weighted by molar-refractivity contribution is 8.06. The van der Waals surface area contributed by atoms with E-state index in [0.29, 0.717) is 0 Å². The van der Waals surface area contributed by atoms with E-state index < -0.39 is 0 Å². The van der Waals surface area contributed by atoms with Crippen LogP contribution in [0.3, 0.4) is 0 Å². The van der Waals surface area contributed by atoms with Gasteiger partial charge in [0.05, 0.1) is 0 Å². The fraction of sp³-hybridized carbons (Fsp3) is 1.00. The van der Waals surface area contributed by atoms with Gasteiger partial charge in [-0.2, -0.15) is 23.5 Å². The van der Waals surface area contributed by atoms with Gasteiger partial charge in [0.15, 0.2) is 0 Å². The second kappa shape index (κ2) is 3.64. The molecule has 1 nitrogen and oxygen atoms in total. The molecule has 0 aliphatic carbocycles. The van der Waals surface area contributed by atoms with Crippen molar-refractivity contribution in [3.63, 3.8) is 0 Å². The van der Waals surface area contributed by atoms with Crippen molar-refractivity contribution in [3.05, 3.63) is 0 Å². The van der Waals surface area contributed by atoms with Crippen LogP contribution in [-0.4, -0.2) is 29.1 Å². The average Bonchev–Trinajstić information content (AvgIpc) is 1.90. The van der Waals surface area contributed by atoms with Crippen LogP contribution >= 0.6 is 23.5 Å². The Bertz CT molecular complexity index is 61.4. The highest BCUT2D eigenvalue weighted by Gasteiger charge is 2.10. The SMILES string of the molecule is NC[C@@H]1CSCCS1. The Morgan fingerprint density at radius 3 is 2.75 bits per heavy atom. The van der Waals surface area contributed by atoms with E-state index in [-0.39, 0.29) is 0 Å². The van der Waals surface area contributed by atoms with Crippen LogP contribution < -0.4 is 5.73 Å². The largest absolute Gasteiger partial charge is 0.329 e. The molecule has 0 bridgehead atoms. The Morgan fingerprint density at radius 1 is 1.50 bits per heavy atom. The molecule has 0 aromatic carbocycles. The summed E-state index contributed by atoms with van der Waals surface area (Å²) in [4.78, 5) is 0. The van der Waals surface area contributed by atoms with Crippen molar-refractivity contribution >= 4 is 23.5 Å². The highest BCUT2D eigenvalue weighted by atomic mass is 32.2. The normalized spacial score (nSPS) is 30.4. The lowest BCUT2D eigenvalue weighted by molar-refractivity contribution is 0.957. The highest BCUT2D eigenvalue weighted by Crippen LogP contribution is 2.22. The molecule has 3 heteroatoms. The Morgan fingerprint density at radius 2 is 2.38 bits per heavy atom. The van der Waals surface area contributed by atoms with Crippen molar-refractivity contribution < 1.29 is 0 Å². The van der Waals surface area contributed by atoms with Gasteiger partial charge in [0.1, 0.15) is 0 Å². The summed E-state index contributed by atoms with van der Waals surface area (Å²) in [6.45, 7) is 0.859. The molecular formula is C5H11NS2. The third-order valence-electron chi connectivity index (χ3n) is 1.15. The van der Waals surface area contributed by atoms with Gasteiger partial charge < -0.3 is 5.73 Å². The molecule has 0 radical (unpaired) electrons. The predicted molar refractivity (Wildman–Crippen MR) is 42.6 cm³/mol. The number of hydrogen-bond acceptors (Lipinski definition) is 3. The molecule has 1 saturated heterocycles. The van der Waals surface area contributed by atoms with Gasteiger partial charge in [-0.1, -0.05) is 0 Å². The zero-order valence-electron chi connectivity index (χ0n) is 4.80. The Kier molecular flexibility index (Phi) is 3.08. The minimum absolute atomic E-state index is 0.744. The lowest BCUT2D eigenvalue weighted by Crippen LogP contribution is -2.23. The van der Waals surface area contributed by atoms with E-state index in [1.54, 1.807) is 0 Å². The first-order valence-electron chi connectivity index (χ1n) is 2.83. The minimum Gasteiger partial charge on any atom is -0.329 e. The van der Waals surface area contributed by atoms with Crippen molar-refractivity contribution in [2.24, 2.45) is 5.73 Å². The first-order valence-corrected chi connectivity index (χ1v) is 5.03. The molecule has 0 aromatic heterocycles. The van der Waals surface area contributed by atoms with Crippen LogP contribution in [0, 0.1) is 0 Å². The van der Waals surface area contributed by atoms with E-state index in [0.717, 1.165) is 11.8 Å². The van der Waals surface area contributed by atoms with E-state index in [4.69, 9.17) is 5.73 Å². The first kappa shape index (κ1) is 6.78. The van der Waals surface area contributed by atoms with Gasteiger partial charge in [-0.05, 0) is 0 Å². The van der Waals surface area contributed by atoms with Crippen LogP contribution in [0.25, 0.3) is 0 Å². The van der Waals surface area contributed by atoms with Crippen LogP contribution in [-0.2, 0) is 0 Å². The molecule has 0 saturated carbocycles. The summed E-state index contributed by atoms with van der Waals surface area (Å²) in [7, 11) is 0. The summed E-state index contributed by atoms with van der Waals surface area (Å²) in [5.74, 6) is 3.88. The number of hydrogen-bond donors (Lipinski definition) is 1. The van der Waals surface area contributed by atoms with Crippen molar-refractivity contribution in [2.45, 2.75) is 5.25 Å². The smallest absolute Gasteiger partial charge is 0.0261 e. The van der Waals surface area contributed by atoms with Gasteiger partial charge in [0.2, 0.25) is 0 Å². The third kappa shape index (κ3) is 1.88. The maximum absolute atomic E-state index is 5.47. The molecule has 1 atom stereocenters. The fourth-order valence-electron chi connectivity index (χ4n) is 0.673. The summed E-state index contributed by atoms with van der Waals surface area (Å²) in [5, 5.41) is 0.744. The van der Waals surface area contributed by atoms with Crippen LogP contribution in [0.15, 0.2) is 0 Å². The van der Waals surface area contributed by atoms with Crippen LogP contribution in [0.5, 0.6) is 0 Å². The lowest BCUT2D eigenvalue weighted by atomic mass is 10.5. The molecule has 0 spiro atoms. The number of thioether (sulfide) groups is 2. The first-order chi connectivity index (χ1) is 3.93. The van der Waals surface area contributed by atoms with Crippen LogP contribution in [0.4, 0.5) is 0 Å². The van der Waals surface area contributed by atoms with Crippen LogP contribution in [0.1, 0.15) is 0 Å². The van der Waals surface area contributed by atoms with Gasteiger partial charge in [-0.15, -0.1) is 0 Å². The molecule has 0 aromatic rings. The summed E-state index contributed by atoms with van der Waals surface area (Å²) < 4.78 is 0. The van der Waals surface area contributed by atoms with E-state index in [2.05, 4.69) is 0 Å². The quantitative estimate of drug-likeness (QED) is 0.597. The van der Waals surface area contributed by atoms with E-state index >= 15 is 0 Å². The van der Waals surface area contributed by atoms with Gasteiger partial charge >= 0.3 is 0 Å². The third-order valence-corrected chi connectivity index (χ3v) is 4.02. The van der Waals surface area contributed by atoms with Gasteiger partial charge in [-0.25, -0.2) is 0 Å². The van der Waals surface area contributed by atoms with Gasteiger partial charge in [0.25, 0.3) is 0 Å². The second-order valence-corrected chi connectivity index (χ2v) is 4.36. The molecule has 1 aliphatic rings. The molecule has 8 heavy (non-hydrogen) atoms. The monoisotopic (exact) mass is 149 g/mol. The van der Waals surface area contributed by atoms with E-state index in [1.807, 2.05) is 23.5 Å². The Balaban J connectivity index is 2.13. The molecule has 2 N–H and O–H groups in total. The summed E-state index contributed by atoms with van der Waals surface area (Å²) in [6, 6.07) is 0. The maximum Gasteiger partial charge on any atom is 0.0261 e. The fourth-order valence-corrected chi connectivity index (χ4v) is 3.24. The predicted octanol–water partition coefficient (Wildman–Crippen LogP) is 0.794. The molecule has 1 aliphatic heterocycles. The van der Waals surface area contributed by atoms with Crippen molar-refractivity contribution in [2.75, 3.05) is 23.8 Å². The summed E-state index contributed by atoms with van der Waals surface area (Å²) >= 11 is 4.04. The van der Waals surface area contributed by atoms with E-state index in [9.17, 15) is 0 Å². The molecular weight excluding hydrogens is 138 g/mol. The van der Waals surface area contributed by atoms with Crippen molar-refractivity contribution in [1.29, 1.82) is 0 Å². The van der Waals surface area contributed by atoms with E-state index in [1.165, 1.54) is 17.3 Å². The summed E-state index contributed by atoms with van der Waals surface area (Å²) in [5.41, 5.74) is 5.47. The summed E-state index contributed by atoms with van der Waals surface area (Å²) in [6.07, 6.45) is 0. The van der Waals surface area contributed by atoms with Gasteiger partial charge in [-0.3, -0.25) is 0 Å². The molecule has 0 amide bonds. The van der Waals surface area contributed by atoms with Crippen molar-refractivity contribution in [3.8, 4) is 0 Å². The maximum atomic E-state index is 5.47. The zero-order chi connectivity index (χ0) is 5.82. The number of rotatable bonds is 1. The molecule has 0 unspecified atom stereocenters. The molecule has 1 heterocycles. The minimum atomic E-state index is 0.744. The van der Waals surface area contributed by atoms with Crippen LogP contribution in [0.2, 0.25) is 0 Å². The molecule has 48 valence electrons. The molecule has 1 rings (SSSR count). The standard InChI is InChI=1S/C5H11NS2/c6-3-5-4-7-1-2-8-5/h5H,1-4,6H2/t5-/m1/s1. The zero-order valence-corrected chi connectivity index (χ0v) is 6.43. The molecule has 1 fully saturated rings. The topological polar surface area (TPSA) is 26.0 Å². The number of nitrogens with two attached hydrogens (primary N) is 1.